The fourth-order valence-corrected chi connectivity index (χ4v) is 2.62. The van der Waals surface area contributed by atoms with Crippen LogP contribution in [0.25, 0.3) is 33.6 Å². The van der Waals surface area contributed by atoms with Crippen molar-refractivity contribution in [3.05, 3.63) is 66.7 Å². The molecule has 0 saturated heterocycles. The first-order valence-corrected chi connectivity index (χ1v) is 7.31. The Labute approximate surface area is 133 Å². The SMILES string of the molecule is COc1cccc(-c2noc(-c3cccc4ccccc34)n2)c1. The van der Waals surface area contributed by atoms with E-state index >= 15 is 0 Å². The molecule has 23 heavy (non-hydrogen) atoms. The molecule has 4 rings (SSSR count). The van der Waals surface area contributed by atoms with Gasteiger partial charge in [-0.3, -0.25) is 0 Å². The summed E-state index contributed by atoms with van der Waals surface area (Å²) in [7, 11) is 1.64. The number of hydrogen-bond donors (Lipinski definition) is 0. The van der Waals surface area contributed by atoms with Crippen molar-refractivity contribution in [2.75, 3.05) is 7.11 Å². The van der Waals surface area contributed by atoms with E-state index in [4.69, 9.17) is 9.26 Å². The Bertz CT molecular complexity index is 970. The molecule has 4 nitrogen and oxygen atoms in total. The maximum absolute atomic E-state index is 5.48. The Morgan fingerprint density at radius 3 is 2.65 bits per heavy atom. The average molecular weight is 302 g/mol. The van der Waals surface area contributed by atoms with Gasteiger partial charge in [0.25, 0.3) is 5.89 Å². The molecule has 0 aliphatic rings. The van der Waals surface area contributed by atoms with E-state index < -0.39 is 0 Å². The van der Waals surface area contributed by atoms with E-state index in [1.54, 1.807) is 7.11 Å². The summed E-state index contributed by atoms with van der Waals surface area (Å²) in [5, 5.41) is 6.34. The van der Waals surface area contributed by atoms with Crippen LogP contribution in [0.2, 0.25) is 0 Å². The fraction of sp³-hybridized carbons (Fsp3) is 0.0526. The number of nitrogens with zero attached hydrogens (tertiary/aromatic N) is 2. The molecule has 0 N–H and O–H groups in total. The molecule has 0 saturated carbocycles. The van der Waals surface area contributed by atoms with Crippen molar-refractivity contribution >= 4 is 10.8 Å². The topological polar surface area (TPSA) is 48.2 Å². The maximum atomic E-state index is 5.48. The number of benzene rings is 3. The Kier molecular flexibility index (Phi) is 3.27. The molecule has 4 heteroatoms. The van der Waals surface area contributed by atoms with Crippen molar-refractivity contribution in [3.63, 3.8) is 0 Å². The van der Waals surface area contributed by atoms with Crippen LogP contribution < -0.4 is 4.74 Å². The Hall–Kier alpha value is -3.14. The molecule has 0 fully saturated rings. The number of rotatable bonds is 3. The van der Waals surface area contributed by atoms with Crippen molar-refractivity contribution in [3.8, 4) is 28.6 Å². The van der Waals surface area contributed by atoms with Gasteiger partial charge in [0.2, 0.25) is 5.82 Å². The quantitative estimate of drug-likeness (QED) is 0.556. The molecule has 0 amide bonds. The molecule has 0 aliphatic carbocycles. The Morgan fingerprint density at radius 2 is 1.74 bits per heavy atom. The second-order valence-corrected chi connectivity index (χ2v) is 5.18. The molecular weight excluding hydrogens is 288 g/mol. The van der Waals surface area contributed by atoms with Crippen LogP contribution in [0.5, 0.6) is 5.75 Å². The van der Waals surface area contributed by atoms with Crippen molar-refractivity contribution in [2.24, 2.45) is 0 Å². The summed E-state index contributed by atoms with van der Waals surface area (Å²) in [4.78, 5) is 4.54. The van der Waals surface area contributed by atoms with Gasteiger partial charge in [0.05, 0.1) is 7.11 Å². The van der Waals surface area contributed by atoms with Crippen molar-refractivity contribution in [1.29, 1.82) is 0 Å². The van der Waals surface area contributed by atoms with E-state index in [-0.39, 0.29) is 0 Å². The van der Waals surface area contributed by atoms with Gasteiger partial charge in [-0.15, -0.1) is 0 Å². The van der Waals surface area contributed by atoms with Gasteiger partial charge in [-0.1, -0.05) is 53.7 Å². The number of ether oxygens (including phenoxy) is 1. The van der Waals surface area contributed by atoms with Crippen LogP contribution in [0.1, 0.15) is 0 Å². The number of fused-ring (bicyclic) bond motifs is 1. The summed E-state index contributed by atoms with van der Waals surface area (Å²) < 4.78 is 10.7. The second-order valence-electron chi connectivity index (χ2n) is 5.18. The zero-order valence-electron chi connectivity index (χ0n) is 12.6. The monoisotopic (exact) mass is 302 g/mol. The van der Waals surface area contributed by atoms with E-state index in [0.717, 1.165) is 27.6 Å². The van der Waals surface area contributed by atoms with Crippen LogP contribution >= 0.6 is 0 Å². The third kappa shape index (κ3) is 2.44. The fourth-order valence-electron chi connectivity index (χ4n) is 2.62. The summed E-state index contributed by atoms with van der Waals surface area (Å²) in [5.41, 5.74) is 1.80. The van der Waals surface area contributed by atoms with Crippen LogP contribution in [0, 0.1) is 0 Å². The smallest absolute Gasteiger partial charge is 0.258 e. The first-order chi connectivity index (χ1) is 11.3. The highest BCUT2D eigenvalue weighted by Crippen LogP contribution is 2.29. The van der Waals surface area contributed by atoms with Crippen LogP contribution in [-0.4, -0.2) is 17.3 Å². The van der Waals surface area contributed by atoms with Gasteiger partial charge in [-0.05, 0) is 29.0 Å². The van der Waals surface area contributed by atoms with Crippen LogP contribution in [0.4, 0.5) is 0 Å². The van der Waals surface area contributed by atoms with Crippen LogP contribution in [0.15, 0.2) is 71.3 Å². The highest BCUT2D eigenvalue weighted by atomic mass is 16.5. The zero-order chi connectivity index (χ0) is 15.6. The molecule has 1 aromatic heterocycles. The van der Waals surface area contributed by atoms with Gasteiger partial charge in [-0.25, -0.2) is 0 Å². The predicted octanol–water partition coefficient (Wildman–Crippen LogP) is 4.57. The van der Waals surface area contributed by atoms with Crippen LogP contribution in [-0.2, 0) is 0 Å². The van der Waals surface area contributed by atoms with E-state index in [1.807, 2.05) is 48.5 Å². The molecule has 0 radical (unpaired) electrons. The molecule has 0 aliphatic heterocycles. The minimum absolute atomic E-state index is 0.514. The van der Waals surface area contributed by atoms with Gasteiger partial charge in [-0.2, -0.15) is 4.98 Å². The molecule has 112 valence electrons. The molecule has 4 aromatic rings. The maximum Gasteiger partial charge on any atom is 0.258 e. The van der Waals surface area contributed by atoms with E-state index in [9.17, 15) is 0 Å². The van der Waals surface area contributed by atoms with Gasteiger partial charge >= 0.3 is 0 Å². The molecule has 0 atom stereocenters. The molecule has 0 bridgehead atoms. The van der Waals surface area contributed by atoms with Crippen molar-refractivity contribution < 1.29 is 9.26 Å². The summed E-state index contributed by atoms with van der Waals surface area (Å²) in [6, 6.07) is 21.8. The lowest BCUT2D eigenvalue weighted by Crippen LogP contribution is -1.85. The normalized spacial score (nSPS) is 10.8. The zero-order valence-corrected chi connectivity index (χ0v) is 12.6. The molecule has 3 aromatic carbocycles. The third-order valence-electron chi connectivity index (χ3n) is 3.77. The second kappa shape index (κ2) is 5.57. The first-order valence-electron chi connectivity index (χ1n) is 7.31. The van der Waals surface area contributed by atoms with Gasteiger partial charge in [0, 0.05) is 11.1 Å². The molecular formula is C19H14N2O2. The lowest BCUT2D eigenvalue weighted by atomic mass is 10.0. The van der Waals surface area contributed by atoms with E-state index in [0.29, 0.717) is 11.7 Å². The standard InChI is InChI=1S/C19H14N2O2/c1-22-15-9-4-8-14(12-15)18-20-19(23-21-18)17-11-5-7-13-6-2-3-10-16(13)17/h2-12H,1H3. The molecule has 0 unspecified atom stereocenters. The number of aromatic nitrogens is 2. The van der Waals surface area contributed by atoms with Crippen molar-refractivity contribution in [2.45, 2.75) is 0 Å². The summed E-state index contributed by atoms with van der Waals surface area (Å²) in [5.74, 6) is 1.82. The highest BCUT2D eigenvalue weighted by molar-refractivity contribution is 5.94. The Balaban J connectivity index is 1.80. The van der Waals surface area contributed by atoms with Gasteiger partial charge in [0.15, 0.2) is 0 Å². The van der Waals surface area contributed by atoms with Gasteiger partial charge in [0.1, 0.15) is 5.75 Å². The van der Waals surface area contributed by atoms with E-state index in [1.165, 1.54) is 0 Å². The number of methoxy groups -OCH3 is 1. The first kappa shape index (κ1) is 13.5. The third-order valence-corrected chi connectivity index (χ3v) is 3.77. The predicted molar refractivity (Wildman–Crippen MR) is 89.2 cm³/mol. The number of hydrogen-bond acceptors (Lipinski definition) is 4. The molecule has 1 heterocycles. The summed E-state index contributed by atoms with van der Waals surface area (Å²) >= 11 is 0. The van der Waals surface area contributed by atoms with Crippen molar-refractivity contribution in [1.82, 2.24) is 10.1 Å². The summed E-state index contributed by atoms with van der Waals surface area (Å²) in [6.45, 7) is 0. The minimum atomic E-state index is 0.514. The minimum Gasteiger partial charge on any atom is -0.497 e. The largest absolute Gasteiger partial charge is 0.497 e. The lowest BCUT2D eigenvalue weighted by molar-refractivity contribution is 0.414. The lowest BCUT2D eigenvalue weighted by Gasteiger charge is -2.01. The average Bonchev–Trinajstić information content (AvgIpc) is 3.11. The van der Waals surface area contributed by atoms with E-state index in [2.05, 4.69) is 28.3 Å². The van der Waals surface area contributed by atoms with Gasteiger partial charge < -0.3 is 9.26 Å². The summed E-state index contributed by atoms with van der Waals surface area (Å²) in [6.07, 6.45) is 0. The Morgan fingerprint density at radius 1 is 0.913 bits per heavy atom. The highest BCUT2D eigenvalue weighted by Gasteiger charge is 2.13. The molecule has 0 spiro atoms. The van der Waals surface area contributed by atoms with Crippen LogP contribution in [0.3, 0.4) is 0 Å².